The van der Waals surface area contributed by atoms with Gasteiger partial charge in [-0.1, -0.05) is 19.3 Å². The SMILES string of the molecule is CNCc1c(Br)c(C2CCCCC2)nn1C. The van der Waals surface area contributed by atoms with E-state index in [2.05, 4.69) is 26.3 Å². The first kappa shape index (κ1) is 12.1. The molecule has 16 heavy (non-hydrogen) atoms. The van der Waals surface area contributed by atoms with Crippen LogP contribution < -0.4 is 5.32 Å². The molecule has 0 amide bonds. The van der Waals surface area contributed by atoms with Gasteiger partial charge in [0.2, 0.25) is 0 Å². The molecule has 1 aliphatic rings. The molecule has 1 heterocycles. The lowest BCUT2D eigenvalue weighted by Crippen LogP contribution is -2.10. The summed E-state index contributed by atoms with van der Waals surface area (Å²) in [5, 5.41) is 7.87. The molecule has 1 aromatic heterocycles. The standard InChI is InChI=1S/C12H20BrN3/c1-14-8-10-11(13)12(15-16(10)2)9-6-4-3-5-7-9/h9,14H,3-8H2,1-2H3. The fraction of sp³-hybridized carbons (Fsp3) is 0.750. The monoisotopic (exact) mass is 285 g/mol. The van der Waals surface area contributed by atoms with Gasteiger partial charge in [-0.15, -0.1) is 0 Å². The van der Waals surface area contributed by atoms with Crippen molar-refractivity contribution >= 4 is 15.9 Å². The Labute approximate surface area is 106 Å². The number of hydrogen-bond donors (Lipinski definition) is 1. The molecule has 0 atom stereocenters. The van der Waals surface area contributed by atoms with E-state index >= 15 is 0 Å². The number of aromatic nitrogens is 2. The zero-order valence-corrected chi connectivity index (χ0v) is 11.7. The Morgan fingerprint density at radius 2 is 2.06 bits per heavy atom. The highest BCUT2D eigenvalue weighted by atomic mass is 79.9. The van der Waals surface area contributed by atoms with Crippen LogP contribution in [-0.2, 0) is 13.6 Å². The second-order valence-corrected chi connectivity index (χ2v) is 5.43. The van der Waals surface area contributed by atoms with E-state index < -0.39 is 0 Å². The number of hydrogen-bond acceptors (Lipinski definition) is 2. The predicted octanol–water partition coefficient (Wildman–Crippen LogP) is 2.95. The molecule has 0 bridgehead atoms. The lowest BCUT2D eigenvalue weighted by molar-refractivity contribution is 0.432. The Balaban J connectivity index is 2.23. The van der Waals surface area contributed by atoms with Crippen LogP contribution in [0, 0.1) is 0 Å². The quantitative estimate of drug-likeness (QED) is 0.926. The van der Waals surface area contributed by atoms with Crippen molar-refractivity contribution in [2.75, 3.05) is 7.05 Å². The topological polar surface area (TPSA) is 29.9 Å². The van der Waals surface area contributed by atoms with Crippen molar-refractivity contribution in [3.05, 3.63) is 15.9 Å². The van der Waals surface area contributed by atoms with Gasteiger partial charge in [0.1, 0.15) is 0 Å². The van der Waals surface area contributed by atoms with Gasteiger partial charge in [0.15, 0.2) is 0 Å². The molecule has 4 heteroatoms. The molecule has 1 saturated carbocycles. The maximum atomic E-state index is 4.68. The molecule has 3 nitrogen and oxygen atoms in total. The van der Waals surface area contributed by atoms with Crippen molar-refractivity contribution in [2.45, 2.75) is 44.6 Å². The van der Waals surface area contributed by atoms with Gasteiger partial charge in [0.25, 0.3) is 0 Å². The molecule has 1 fully saturated rings. The molecule has 1 aromatic rings. The Morgan fingerprint density at radius 1 is 1.38 bits per heavy atom. The molecule has 1 N–H and O–H groups in total. The van der Waals surface area contributed by atoms with Crippen LogP contribution in [0.25, 0.3) is 0 Å². The molecule has 90 valence electrons. The lowest BCUT2D eigenvalue weighted by Gasteiger charge is -2.19. The van der Waals surface area contributed by atoms with Crippen LogP contribution >= 0.6 is 15.9 Å². The highest BCUT2D eigenvalue weighted by molar-refractivity contribution is 9.10. The van der Waals surface area contributed by atoms with E-state index in [1.807, 2.05) is 18.8 Å². The van der Waals surface area contributed by atoms with E-state index in [1.165, 1.54) is 48.0 Å². The second kappa shape index (κ2) is 5.32. The lowest BCUT2D eigenvalue weighted by atomic mass is 9.87. The van der Waals surface area contributed by atoms with Gasteiger partial charge >= 0.3 is 0 Å². The van der Waals surface area contributed by atoms with Gasteiger partial charge in [0.05, 0.1) is 15.9 Å². The minimum atomic E-state index is 0.667. The van der Waals surface area contributed by atoms with E-state index in [0.717, 1.165) is 6.54 Å². The Morgan fingerprint density at radius 3 is 2.69 bits per heavy atom. The van der Waals surface area contributed by atoms with Crippen molar-refractivity contribution in [3.8, 4) is 0 Å². The summed E-state index contributed by atoms with van der Waals surface area (Å²) in [5.74, 6) is 0.667. The number of rotatable bonds is 3. The molecule has 2 rings (SSSR count). The van der Waals surface area contributed by atoms with E-state index in [9.17, 15) is 0 Å². The summed E-state index contributed by atoms with van der Waals surface area (Å²) in [4.78, 5) is 0. The Hall–Kier alpha value is -0.350. The number of halogens is 1. The van der Waals surface area contributed by atoms with Crippen molar-refractivity contribution in [1.29, 1.82) is 0 Å². The molecule has 0 spiro atoms. The molecule has 0 aromatic carbocycles. The maximum Gasteiger partial charge on any atom is 0.0800 e. The average Bonchev–Trinajstić information content (AvgIpc) is 2.59. The van der Waals surface area contributed by atoms with Crippen LogP contribution in [0.1, 0.15) is 49.4 Å². The highest BCUT2D eigenvalue weighted by Crippen LogP contribution is 2.36. The third-order valence-electron chi connectivity index (χ3n) is 3.46. The average molecular weight is 286 g/mol. The summed E-state index contributed by atoms with van der Waals surface area (Å²) in [6, 6.07) is 0. The van der Waals surface area contributed by atoms with Crippen LogP contribution in [0.2, 0.25) is 0 Å². The van der Waals surface area contributed by atoms with Gasteiger partial charge in [-0.3, -0.25) is 4.68 Å². The summed E-state index contributed by atoms with van der Waals surface area (Å²) in [7, 11) is 4.00. The van der Waals surface area contributed by atoms with Gasteiger partial charge in [-0.05, 0) is 35.8 Å². The second-order valence-electron chi connectivity index (χ2n) is 4.63. The zero-order valence-electron chi connectivity index (χ0n) is 10.1. The minimum absolute atomic E-state index is 0.667. The Bertz CT molecular complexity index is 353. The molecular weight excluding hydrogens is 266 g/mol. The third-order valence-corrected chi connectivity index (χ3v) is 4.33. The Kier molecular flexibility index (Phi) is 4.03. The summed E-state index contributed by atoms with van der Waals surface area (Å²) >= 11 is 3.72. The van der Waals surface area contributed by atoms with Crippen molar-refractivity contribution in [3.63, 3.8) is 0 Å². The van der Waals surface area contributed by atoms with Gasteiger partial charge < -0.3 is 5.32 Å². The summed E-state index contributed by atoms with van der Waals surface area (Å²) in [6.45, 7) is 0.872. The molecule has 0 saturated heterocycles. The van der Waals surface area contributed by atoms with Crippen molar-refractivity contribution < 1.29 is 0 Å². The predicted molar refractivity (Wildman–Crippen MR) is 69.5 cm³/mol. The molecule has 1 aliphatic carbocycles. The third kappa shape index (κ3) is 2.33. The fourth-order valence-corrected chi connectivity index (χ4v) is 3.35. The fourth-order valence-electron chi connectivity index (χ4n) is 2.55. The molecule has 0 aliphatic heterocycles. The number of aryl methyl sites for hydroxylation is 1. The highest BCUT2D eigenvalue weighted by Gasteiger charge is 2.23. The summed E-state index contributed by atoms with van der Waals surface area (Å²) < 4.78 is 3.22. The van der Waals surface area contributed by atoms with E-state index in [0.29, 0.717) is 5.92 Å². The number of nitrogens with one attached hydrogen (secondary N) is 1. The molecule has 0 radical (unpaired) electrons. The zero-order chi connectivity index (χ0) is 11.5. The van der Waals surface area contributed by atoms with E-state index in [1.54, 1.807) is 0 Å². The summed E-state index contributed by atoms with van der Waals surface area (Å²) in [5.41, 5.74) is 2.52. The largest absolute Gasteiger partial charge is 0.314 e. The summed E-state index contributed by atoms with van der Waals surface area (Å²) in [6.07, 6.45) is 6.71. The maximum absolute atomic E-state index is 4.68. The van der Waals surface area contributed by atoms with Crippen molar-refractivity contribution in [2.24, 2.45) is 7.05 Å². The van der Waals surface area contributed by atoms with Crippen LogP contribution in [-0.4, -0.2) is 16.8 Å². The molecular formula is C12H20BrN3. The molecule has 0 unspecified atom stereocenters. The normalized spacial score (nSPS) is 17.9. The minimum Gasteiger partial charge on any atom is -0.314 e. The van der Waals surface area contributed by atoms with Crippen LogP contribution in [0.5, 0.6) is 0 Å². The van der Waals surface area contributed by atoms with Gasteiger partial charge in [0, 0.05) is 19.5 Å². The number of nitrogens with zero attached hydrogens (tertiary/aromatic N) is 2. The van der Waals surface area contributed by atoms with Crippen molar-refractivity contribution in [1.82, 2.24) is 15.1 Å². The van der Waals surface area contributed by atoms with E-state index in [-0.39, 0.29) is 0 Å². The smallest absolute Gasteiger partial charge is 0.0800 e. The van der Waals surface area contributed by atoms with Crippen LogP contribution in [0.4, 0.5) is 0 Å². The van der Waals surface area contributed by atoms with Crippen LogP contribution in [0.3, 0.4) is 0 Å². The van der Waals surface area contributed by atoms with E-state index in [4.69, 9.17) is 0 Å². The first-order chi connectivity index (χ1) is 7.74. The van der Waals surface area contributed by atoms with Crippen LogP contribution in [0.15, 0.2) is 4.47 Å². The van der Waals surface area contributed by atoms with Gasteiger partial charge in [-0.2, -0.15) is 5.10 Å². The first-order valence-electron chi connectivity index (χ1n) is 6.10. The van der Waals surface area contributed by atoms with Gasteiger partial charge in [-0.25, -0.2) is 0 Å². The first-order valence-corrected chi connectivity index (χ1v) is 6.89.